The van der Waals surface area contributed by atoms with E-state index in [1.165, 1.54) is 0 Å². The molecule has 4 rings (SSSR count). The van der Waals surface area contributed by atoms with Crippen LogP contribution >= 0.6 is 12.2 Å². The molecule has 3 atom stereocenters. The lowest BCUT2D eigenvalue weighted by Crippen LogP contribution is -2.72. The minimum absolute atomic E-state index is 0.107. The Balaban J connectivity index is 1.76. The molecule has 1 saturated heterocycles. The van der Waals surface area contributed by atoms with Crippen molar-refractivity contribution < 1.29 is 14.3 Å². The normalized spacial score (nSPS) is 24.2. The van der Waals surface area contributed by atoms with Gasteiger partial charge in [-0.15, -0.1) is 0 Å². The van der Waals surface area contributed by atoms with Crippen LogP contribution in [0.15, 0.2) is 36.4 Å². The number of benzene rings is 2. The van der Waals surface area contributed by atoms with Gasteiger partial charge in [-0.05, 0) is 57.6 Å². The van der Waals surface area contributed by atoms with E-state index >= 15 is 0 Å². The van der Waals surface area contributed by atoms with Gasteiger partial charge in [-0.25, -0.2) is 0 Å². The second kappa shape index (κ2) is 8.13. The molecule has 1 fully saturated rings. The number of thiocarbonyl (C=S) groups is 1. The Kier molecular flexibility index (Phi) is 5.66. The summed E-state index contributed by atoms with van der Waals surface area (Å²) in [6, 6.07) is 11.8. The first-order valence-electron chi connectivity index (χ1n) is 10.5. The number of carbonyl (C=O) groups is 1. The number of fused-ring (bicyclic) bond motifs is 4. The van der Waals surface area contributed by atoms with E-state index in [1.54, 1.807) is 7.11 Å². The monoisotopic (exact) mass is 439 g/mol. The lowest BCUT2D eigenvalue weighted by Gasteiger charge is -2.56. The van der Waals surface area contributed by atoms with E-state index in [0.29, 0.717) is 18.3 Å². The van der Waals surface area contributed by atoms with Crippen LogP contribution in [-0.2, 0) is 9.53 Å². The van der Waals surface area contributed by atoms with Gasteiger partial charge in [-0.3, -0.25) is 4.79 Å². The first-order valence-corrected chi connectivity index (χ1v) is 10.9. The van der Waals surface area contributed by atoms with Crippen LogP contribution in [0.1, 0.15) is 35.2 Å². The third kappa shape index (κ3) is 3.77. The first kappa shape index (κ1) is 21.6. The minimum Gasteiger partial charge on any atom is -0.467 e. The van der Waals surface area contributed by atoms with Crippen LogP contribution in [0, 0.1) is 26.7 Å². The molecule has 2 bridgehead atoms. The van der Waals surface area contributed by atoms with Crippen LogP contribution in [0.25, 0.3) is 0 Å². The van der Waals surface area contributed by atoms with E-state index in [4.69, 9.17) is 21.7 Å². The highest BCUT2D eigenvalue weighted by atomic mass is 32.1. The van der Waals surface area contributed by atoms with Crippen LogP contribution in [0.4, 0.5) is 5.69 Å². The molecule has 164 valence electrons. The topological polar surface area (TPSA) is 62.8 Å². The summed E-state index contributed by atoms with van der Waals surface area (Å²) in [5.41, 5.74) is 4.09. The highest BCUT2D eigenvalue weighted by molar-refractivity contribution is 7.80. The van der Waals surface area contributed by atoms with E-state index < -0.39 is 11.6 Å². The summed E-state index contributed by atoms with van der Waals surface area (Å²) < 4.78 is 11.8. The van der Waals surface area contributed by atoms with Crippen molar-refractivity contribution in [1.82, 2.24) is 10.2 Å². The van der Waals surface area contributed by atoms with Crippen molar-refractivity contribution in [3.63, 3.8) is 0 Å². The Bertz CT molecular complexity index is 1040. The number of nitrogens with zero attached hydrogens (tertiary/aromatic N) is 1. The summed E-state index contributed by atoms with van der Waals surface area (Å²) in [5.74, 6) is 0.140. The molecule has 2 heterocycles. The van der Waals surface area contributed by atoms with Gasteiger partial charge in [0.05, 0.1) is 12.6 Å². The average molecular weight is 440 g/mol. The second-order valence-corrected chi connectivity index (χ2v) is 8.94. The molecule has 7 heteroatoms. The number of anilines is 1. The Morgan fingerprint density at radius 2 is 1.94 bits per heavy atom. The Morgan fingerprint density at radius 3 is 2.65 bits per heavy atom. The summed E-state index contributed by atoms with van der Waals surface area (Å²) in [6.07, 6.45) is 0. The Hall–Kier alpha value is -2.64. The lowest BCUT2D eigenvalue weighted by molar-refractivity contribution is -0.150. The predicted octanol–water partition coefficient (Wildman–Crippen LogP) is 3.85. The van der Waals surface area contributed by atoms with Crippen molar-refractivity contribution in [2.75, 3.05) is 25.6 Å². The summed E-state index contributed by atoms with van der Waals surface area (Å²) >= 11 is 5.68. The summed E-state index contributed by atoms with van der Waals surface area (Å²) in [6.45, 7) is 9.00. The number of methoxy groups -OCH3 is 1. The molecule has 2 aromatic rings. The highest BCUT2D eigenvalue weighted by Gasteiger charge is 2.58. The smallest absolute Gasteiger partial charge is 0.236 e. The van der Waals surface area contributed by atoms with Gasteiger partial charge in [0.1, 0.15) is 11.7 Å². The molecule has 0 aliphatic carbocycles. The van der Waals surface area contributed by atoms with Gasteiger partial charge in [0.25, 0.3) is 0 Å². The average Bonchev–Trinajstić information content (AvgIpc) is 2.70. The van der Waals surface area contributed by atoms with Crippen molar-refractivity contribution in [3.05, 3.63) is 58.7 Å². The number of carbonyl (C=O) groups excluding carboxylic acids is 1. The predicted molar refractivity (Wildman–Crippen MR) is 125 cm³/mol. The first-order chi connectivity index (χ1) is 14.7. The molecular formula is C24H29N3O3S. The highest BCUT2D eigenvalue weighted by Crippen LogP contribution is 2.48. The molecule has 0 spiro atoms. The number of rotatable bonds is 5. The molecule has 0 radical (unpaired) electrons. The second-order valence-electron chi connectivity index (χ2n) is 8.55. The van der Waals surface area contributed by atoms with Gasteiger partial charge in [0, 0.05) is 24.9 Å². The number of amides is 1. The molecule has 3 unspecified atom stereocenters. The van der Waals surface area contributed by atoms with Gasteiger partial charge in [0.15, 0.2) is 10.8 Å². The summed E-state index contributed by atoms with van der Waals surface area (Å²) in [5, 5.41) is 7.12. The van der Waals surface area contributed by atoms with Crippen molar-refractivity contribution in [1.29, 1.82) is 0 Å². The molecule has 6 nitrogen and oxygen atoms in total. The van der Waals surface area contributed by atoms with E-state index in [1.807, 2.05) is 56.9 Å². The number of ether oxygens (including phenoxy) is 2. The van der Waals surface area contributed by atoms with E-state index in [9.17, 15) is 4.79 Å². The molecule has 2 aliphatic rings. The molecule has 2 aliphatic heterocycles. The number of nitrogens with one attached hydrogen (secondary N) is 2. The fourth-order valence-electron chi connectivity index (χ4n) is 4.64. The van der Waals surface area contributed by atoms with E-state index in [-0.39, 0.29) is 11.9 Å². The largest absolute Gasteiger partial charge is 0.467 e. The Morgan fingerprint density at radius 1 is 1.23 bits per heavy atom. The molecular weight excluding hydrogens is 410 g/mol. The van der Waals surface area contributed by atoms with Crippen molar-refractivity contribution in [3.8, 4) is 5.75 Å². The van der Waals surface area contributed by atoms with E-state index in [2.05, 4.69) is 22.8 Å². The maximum atomic E-state index is 13.7. The van der Waals surface area contributed by atoms with Gasteiger partial charge < -0.3 is 25.0 Å². The molecule has 0 aromatic heterocycles. The Labute approximate surface area is 188 Å². The molecule has 2 aromatic carbocycles. The maximum absolute atomic E-state index is 13.7. The van der Waals surface area contributed by atoms with Crippen LogP contribution in [0.3, 0.4) is 0 Å². The molecule has 0 saturated carbocycles. The molecule has 1 amide bonds. The van der Waals surface area contributed by atoms with Crippen LogP contribution in [0.5, 0.6) is 5.75 Å². The quantitative estimate of drug-likeness (QED) is 0.690. The number of hydrogen-bond acceptors (Lipinski definition) is 4. The molecule has 31 heavy (non-hydrogen) atoms. The van der Waals surface area contributed by atoms with E-state index in [0.717, 1.165) is 33.7 Å². The van der Waals surface area contributed by atoms with Gasteiger partial charge in [-0.2, -0.15) is 0 Å². The zero-order valence-electron chi connectivity index (χ0n) is 18.6. The fourth-order valence-corrected chi connectivity index (χ4v) is 5.04. The van der Waals surface area contributed by atoms with Crippen LogP contribution < -0.4 is 15.4 Å². The number of hydrogen-bond donors (Lipinski definition) is 2. The number of aryl methyl sites for hydroxylation is 3. The van der Waals surface area contributed by atoms with Crippen molar-refractivity contribution >= 4 is 28.9 Å². The van der Waals surface area contributed by atoms with Gasteiger partial charge >= 0.3 is 0 Å². The zero-order valence-corrected chi connectivity index (χ0v) is 19.4. The van der Waals surface area contributed by atoms with Gasteiger partial charge in [0.2, 0.25) is 5.91 Å². The third-order valence-electron chi connectivity index (χ3n) is 6.23. The zero-order chi connectivity index (χ0) is 22.3. The van der Waals surface area contributed by atoms with Gasteiger partial charge in [-0.1, -0.05) is 35.4 Å². The molecule has 2 N–H and O–H groups in total. The SMILES string of the molecule is COCCN1C(=S)NC2c3cc(C)ccc3OC1(C)C2C(=O)Nc1ccc(C)cc1C. The minimum atomic E-state index is -0.948. The summed E-state index contributed by atoms with van der Waals surface area (Å²) in [4.78, 5) is 15.6. The van der Waals surface area contributed by atoms with Crippen LogP contribution in [-0.4, -0.2) is 41.9 Å². The third-order valence-corrected chi connectivity index (χ3v) is 6.57. The van der Waals surface area contributed by atoms with Crippen LogP contribution in [0.2, 0.25) is 0 Å². The van der Waals surface area contributed by atoms with Crippen molar-refractivity contribution in [2.45, 2.75) is 39.5 Å². The van der Waals surface area contributed by atoms with Crippen molar-refractivity contribution in [2.24, 2.45) is 5.92 Å². The standard InChI is InChI=1S/C24H29N3O3S/c1-14-6-8-18(16(3)12-14)25-22(28)20-21-17-13-15(2)7-9-19(17)30-24(20,4)27(10-11-29-5)23(31)26-21/h6-9,12-13,20-21H,10-11H2,1-5H3,(H,25,28)(H,26,31). The fraction of sp³-hybridized carbons (Fsp3) is 0.417. The summed E-state index contributed by atoms with van der Waals surface area (Å²) in [7, 11) is 1.65. The maximum Gasteiger partial charge on any atom is 0.236 e. The lowest BCUT2D eigenvalue weighted by atomic mass is 9.78.